The molecule has 1 aliphatic heterocycles. The fourth-order valence-electron chi connectivity index (χ4n) is 2.67. The van der Waals surface area contributed by atoms with Gasteiger partial charge >= 0.3 is 0 Å². The van der Waals surface area contributed by atoms with E-state index in [2.05, 4.69) is 0 Å². The van der Waals surface area contributed by atoms with Crippen molar-refractivity contribution in [2.45, 2.75) is 31.6 Å². The number of nitrogens with zero attached hydrogens (tertiary/aromatic N) is 2. The van der Waals surface area contributed by atoms with Crippen molar-refractivity contribution in [2.75, 3.05) is 26.2 Å². The van der Waals surface area contributed by atoms with Gasteiger partial charge in [-0.25, -0.2) is 8.42 Å². The molecule has 0 aliphatic carbocycles. The molecular weight excluding hydrogens is 312 g/mol. The quantitative estimate of drug-likeness (QED) is 0.749. The average Bonchev–Trinajstić information content (AvgIpc) is 3.08. The van der Waals surface area contributed by atoms with E-state index in [0.717, 1.165) is 31.5 Å². The molecule has 1 aliphatic rings. The zero-order valence-corrected chi connectivity index (χ0v) is 14.6. The number of benzene rings is 1. The summed E-state index contributed by atoms with van der Waals surface area (Å²) in [4.78, 5) is 14.1. The highest BCUT2D eigenvalue weighted by Gasteiger charge is 2.21. The molecule has 1 saturated heterocycles. The molecule has 23 heavy (non-hydrogen) atoms. The molecule has 0 saturated carbocycles. The third-order valence-corrected chi connectivity index (χ3v) is 6.12. The lowest BCUT2D eigenvalue weighted by Gasteiger charge is -2.18. The van der Waals surface area contributed by atoms with Crippen LogP contribution in [0.2, 0.25) is 0 Å². The lowest BCUT2D eigenvalue weighted by molar-refractivity contribution is -0.124. The van der Waals surface area contributed by atoms with Crippen LogP contribution in [0.15, 0.2) is 35.2 Å². The molecule has 6 heteroatoms. The molecule has 0 radical (unpaired) electrons. The van der Waals surface area contributed by atoms with Crippen LogP contribution in [0.5, 0.6) is 0 Å². The molecule has 1 amide bonds. The second-order valence-electron chi connectivity index (χ2n) is 5.52. The van der Waals surface area contributed by atoms with E-state index in [0.29, 0.717) is 13.1 Å². The Balaban J connectivity index is 2.08. The van der Waals surface area contributed by atoms with E-state index in [1.807, 2.05) is 18.7 Å². The van der Waals surface area contributed by atoms with Gasteiger partial charge in [-0.05, 0) is 36.6 Å². The van der Waals surface area contributed by atoms with Crippen LogP contribution < -0.4 is 0 Å². The monoisotopic (exact) mass is 336 g/mol. The van der Waals surface area contributed by atoms with Gasteiger partial charge in [-0.1, -0.05) is 26.0 Å². The van der Waals surface area contributed by atoms with E-state index in [4.69, 9.17) is 0 Å². The third kappa shape index (κ3) is 4.20. The van der Waals surface area contributed by atoms with Gasteiger partial charge in [0.25, 0.3) is 0 Å². The van der Waals surface area contributed by atoms with Crippen molar-refractivity contribution in [3.8, 4) is 0 Å². The van der Waals surface area contributed by atoms with Crippen molar-refractivity contribution in [3.05, 3.63) is 35.9 Å². The molecule has 0 spiro atoms. The number of hydrogen-bond acceptors (Lipinski definition) is 3. The molecule has 1 aromatic carbocycles. The SMILES string of the molecule is CCN(CC)S(=O)(=O)c1ccc(/C=C/C(=O)N2CCCC2)cc1. The summed E-state index contributed by atoms with van der Waals surface area (Å²) in [6, 6.07) is 6.63. The van der Waals surface area contributed by atoms with Gasteiger partial charge in [0.05, 0.1) is 4.90 Å². The van der Waals surface area contributed by atoms with Crippen LogP contribution in [0.1, 0.15) is 32.3 Å². The highest BCUT2D eigenvalue weighted by atomic mass is 32.2. The maximum Gasteiger partial charge on any atom is 0.246 e. The van der Waals surface area contributed by atoms with E-state index in [1.165, 1.54) is 4.31 Å². The van der Waals surface area contributed by atoms with Crippen LogP contribution in [0.3, 0.4) is 0 Å². The van der Waals surface area contributed by atoms with Crippen molar-refractivity contribution in [1.29, 1.82) is 0 Å². The van der Waals surface area contributed by atoms with Crippen LogP contribution in [0.25, 0.3) is 6.08 Å². The van der Waals surface area contributed by atoms with Gasteiger partial charge in [0.2, 0.25) is 15.9 Å². The Labute approximate surface area is 138 Å². The van der Waals surface area contributed by atoms with Crippen LogP contribution in [-0.2, 0) is 14.8 Å². The summed E-state index contributed by atoms with van der Waals surface area (Å²) in [6.07, 6.45) is 5.42. The highest BCUT2D eigenvalue weighted by molar-refractivity contribution is 7.89. The molecule has 5 nitrogen and oxygen atoms in total. The fraction of sp³-hybridized carbons (Fsp3) is 0.471. The van der Waals surface area contributed by atoms with E-state index in [-0.39, 0.29) is 10.8 Å². The van der Waals surface area contributed by atoms with Crippen LogP contribution in [0, 0.1) is 0 Å². The van der Waals surface area contributed by atoms with Crippen molar-refractivity contribution >= 4 is 22.0 Å². The Morgan fingerprint density at radius 2 is 1.70 bits per heavy atom. The number of likely N-dealkylation sites (tertiary alicyclic amines) is 1. The molecule has 1 fully saturated rings. The largest absolute Gasteiger partial charge is 0.339 e. The van der Waals surface area contributed by atoms with Crippen molar-refractivity contribution in [1.82, 2.24) is 9.21 Å². The fourth-order valence-corrected chi connectivity index (χ4v) is 4.13. The number of carbonyl (C=O) groups excluding carboxylic acids is 1. The predicted molar refractivity (Wildman–Crippen MR) is 91.4 cm³/mol. The number of carbonyl (C=O) groups is 1. The first-order valence-electron chi connectivity index (χ1n) is 8.06. The highest BCUT2D eigenvalue weighted by Crippen LogP contribution is 2.17. The number of hydrogen-bond donors (Lipinski definition) is 0. The van der Waals surface area contributed by atoms with Crippen molar-refractivity contribution in [3.63, 3.8) is 0 Å². The maximum absolute atomic E-state index is 12.4. The summed E-state index contributed by atoms with van der Waals surface area (Å²) in [7, 11) is -3.43. The summed E-state index contributed by atoms with van der Waals surface area (Å²) in [5.74, 6) is 0.0161. The lowest BCUT2D eigenvalue weighted by Crippen LogP contribution is -2.30. The predicted octanol–water partition coefficient (Wildman–Crippen LogP) is 2.35. The molecule has 1 heterocycles. The Hall–Kier alpha value is -1.66. The van der Waals surface area contributed by atoms with E-state index in [1.54, 1.807) is 36.4 Å². The molecule has 0 bridgehead atoms. The second-order valence-corrected chi connectivity index (χ2v) is 7.46. The minimum atomic E-state index is -3.43. The zero-order chi connectivity index (χ0) is 16.9. The van der Waals surface area contributed by atoms with Crippen molar-refractivity contribution in [2.24, 2.45) is 0 Å². The molecule has 126 valence electrons. The Kier molecular flexibility index (Phi) is 5.96. The summed E-state index contributed by atoms with van der Waals surface area (Å²) >= 11 is 0. The van der Waals surface area contributed by atoms with E-state index < -0.39 is 10.0 Å². The first-order chi connectivity index (χ1) is 11.0. The summed E-state index contributed by atoms with van der Waals surface area (Å²) < 4.78 is 26.2. The third-order valence-electron chi connectivity index (χ3n) is 4.06. The normalized spacial score (nSPS) is 15.7. The van der Waals surface area contributed by atoms with Gasteiger partial charge < -0.3 is 4.90 Å². The van der Waals surface area contributed by atoms with Gasteiger partial charge in [-0.3, -0.25) is 4.79 Å². The van der Waals surface area contributed by atoms with Gasteiger partial charge in [-0.15, -0.1) is 0 Å². The first-order valence-corrected chi connectivity index (χ1v) is 9.50. The Morgan fingerprint density at radius 3 is 2.22 bits per heavy atom. The maximum atomic E-state index is 12.4. The Morgan fingerprint density at radius 1 is 1.13 bits per heavy atom. The first kappa shape index (κ1) is 17.7. The van der Waals surface area contributed by atoms with Gasteiger partial charge in [0.1, 0.15) is 0 Å². The number of amides is 1. The molecular formula is C17H24N2O3S. The standard InChI is InChI=1S/C17H24N2O3S/c1-3-19(4-2)23(21,22)16-10-7-15(8-11-16)9-12-17(20)18-13-5-6-14-18/h7-12H,3-6,13-14H2,1-2H3/b12-9+. The minimum absolute atomic E-state index is 0.0161. The van der Waals surface area contributed by atoms with Crippen molar-refractivity contribution < 1.29 is 13.2 Å². The lowest BCUT2D eigenvalue weighted by atomic mass is 10.2. The molecule has 0 unspecified atom stereocenters. The van der Waals surface area contributed by atoms with E-state index in [9.17, 15) is 13.2 Å². The molecule has 0 N–H and O–H groups in total. The zero-order valence-electron chi connectivity index (χ0n) is 13.7. The topological polar surface area (TPSA) is 57.7 Å². The van der Waals surface area contributed by atoms with Crippen LogP contribution >= 0.6 is 0 Å². The smallest absolute Gasteiger partial charge is 0.246 e. The average molecular weight is 336 g/mol. The minimum Gasteiger partial charge on any atom is -0.339 e. The van der Waals surface area contributed by atoms with Gasteiger partial charge in [-0.2, -0.15) is 4.31 Å². The van der Waals surface area contributed by atoms with Gasteiger partial charge in [0, 0.05) is 32.3 Å². The number of rotatable bonds is 6. The van der Waals surface area contributed by atoms with Crippen LogP contribution in [0.4, 0.5) is 0 Å². The molecule has 2 rings (SSSR count). The Bertz CT molecular complexity index is 656. The second kappa shape index (κ2) is 7.75. The summed E-state index contributed by atoms with van der Waals surface area (Å²) in [6.45, 7) is 6.19. The number of sulfonamides is 1. The molecule has 0 aromatic heterocycles. The molecule has 1 aromatic rings. The summed E-state index contributed by atoms with van der Waals surface area (Å²) in [5, 5.41) is 0. The summed E-state index contributed by atoms with van der Waals surface area (Å²) in [5.41, 5.74) is 0.816. The van der Waals surface area contributed by atoms with E-state index >= 15 is 0 Å². The molecule has 0 atom stereocenters. The van der Waals surface area contributed by atoms with Crippen LogP contribution in [-0.4, -0.2) is 49.7 Å². The van der Waals surface area contributed by atoms with Gasteiger partial charge in [0.15, 0.2) is 0 Å².